The third-order valence-electron chi connectivity index (χ3n) is 3.54. The first-order valence-corrected chi connectivity index (χ1v) is 7.29. The van der Waals surface area contributed by atoms with Gasteiger partial charge in [0.1, 0.15) is 0 Å². The summed E-state index contributed by atoms with van der Waals surface area (Å²) in [6.07, 6.45) is 4.39. The van der Waals surface area contributed by atoms with E-state index in [-0.39, 0.29) is 0 Å². The Morgan fingerprint density at radius 3 is 2.65 bits per heavy atom. The first-order valence-electron chi connectivity index (χ1n) is 7.29. The summed E-state index contributed by atoms with van der Waals surface area (Å²) in [6.45, 7) is 0. The van der Waals surface area contributed by atoms with Crippen molar-refractivity contribution in [3.63, 3.8) is 0 Å². The van der Waals surface area contributed by atoms with Gasteiger partial charge in [-0.3, -0.25) is 4.68 Å². The van der Waals surface area contributed by atoms with Gasteiger partial charge in [0.05, 0.1) is 17.6 Å². The second-order valence-corrected chi connectivity index (χ2v) is 5.17. The summed E-state index contributed by atoms with van der Waals surface area (Å²) in [5.74, 6) is 6.54. The number of nitrogens with zero attached hydrogens (tertiary/aromatic N) is 4. The predicted molar refractivity (Wildman–Crippen MR) is 90.8 cm³/mol. The van der Waals surface area contributed by atoms with Crippen molar-refractivity contribution in [2.24, 2.45) is 12.9 Å². The van der Waals surface area contributed by atoms with E-state index in [9.17, 15) is 0 Å². The van der Waals surface area contributed by atoms with Crippen molar-refractivity contribution in [3.8, 4) is 11.3 Å². The summed E-state index contributed by atoms with van der Waals surface area (Å²) in [7, 11) is 3.68. The van der Waals surface area contributed by atoms with Crippen molar-refractivity contribution in [2.45, 2.75) is 6.42 Å². The fourth-order valence-electron chi connectivity index (χ4n) is 2.47. The molecule has 1 aromatic carbocycles. The van der Waals surface area contributed by atoms with E-state index in [1.54, 1.807) is 17.9 Å². The monoisotopic (exact) mass is 309 g/mol. The van der Waals surface area contributed by atoms with Crippen LogP contribution in [0.5, 0.6) is 0 Å². The first-order chi connectivity index (χ1) is 11.2. The van der Waals surface area contributed by atoms with Crippen LogP contribution in [0.1, 0.15) is 11.3 Å². The lowest BCUT2D eigenvalue weighted by molar-refractivity contribution is 0.749. The second-order valence-electron chi connectivity index (χ2n) is 5.17. The highest BCUT2D eigenvalue weighted by atomic mass is 15.3. The topological polar surface area (TPSA) is 93.7 Å². The molecule has 0 spiro atoms. The first kappa shape index (κ1) is 15.0. The molecule has 118 valence electrons. The molecule has 7 heteroatoms. The van der Waals surface area contributed by atoms with E-state index in [0.29, 0.717) is 11.6 Å². The number of rotatable bonds is 5. The van der Waals surface area contributed by atoms with Crippen LogP contribution in [-0.2, 0) is 13.5 Å². The van der Waals surface area contributed by atoms with E-state index in [4.69, 9.17) is 5.84 Å². The van der Waals surface area contributed by atoms with Crippen molar-refractivity contribution in [3.05, 3.63) is 54.0 Å². The zero-order valence-corrected chi connectivity index (χ0v) is 13.1. The van der Waals surface area contributed by atoms with Crippen molar-refractivity contribution in [1.29, 1.82) is 0 Å². The van der Waals surface area contributed by atoms with Gasteiger partial charge in [-0.05, 0) is 5.56 Å². The lowest BCUT2D eigenvalue weighted by Gasteiger charge is -2.08. The molecule has 0 amide bonds. The number of nitrogens with one attached hydrogen (secondary N) is 2. The van der Waals surface area contributed by atoms with Gasteiger partial charge >= 0.3 is 0 Å². The van der Waals surface area contributed by atoms with Gasteiger partial charge in [-0.15, -0.1) is 0 Å². The molecule has 3 aromatic rings. The van der Waals surface area contributed by atoms with E-state index >= 15 is 0 Å². The molecule has 0 aliphatic carbocycles. The average molecular weight is 309 g/mol. The molecule has 0 unspecified atom stereocenters. The van der Waals surface area contributed by atoms with Crippen molar-refractivity contribution >= 4 is 11.6 Å². The Balaban J connectivity index is 2.00. The summed E-state index contributed by atoms with van der Waals surface area (Å²) in [5, 5.41) is 7.56. The highest BCUT2D eigenvalue weighted by Gasteiger charge is 2.14. The van der Waals surface area contributed by atoms with Crippen LogP contribution in [0.25, 0.3) is 11.3 Å². The van der Waals surface area contributed by atoms with Crippen molar-refractivity contribution in [1.82, 2.24) is 19.7 Å². The predicted octanol–water partition coefficient (Wildman–Crippen LogP) is 1.80. The van der Waals surface area contributed by atoms with E-state index in [1.807, 2.05) is 31.4 Å². The SMILES string of the molecule is CNc1nc(-c2cn(C)nc2Cc2ccccc2)cnc1NN. The van der Waals surface area contributed by atoms with Crippen LogP contribution in [0.4, 0.5) is 11.6 Å². The molecule has 0 aliphatic rings. The van der Waals surface area contributed by atoms with Gasteiger partial charge in [-0.2, -0.15) is 5.10 Å². The Morgan fingerprint density at radius 1 is 1.17 bits per heavy atom. The minimum Gasteiger partial charge on any atom is -0.370 e. The number of hydrogen-bond acceptors (Lipinski definition) is 6. The van der Waals surface area contributed by atoms with E-state index < -0.39 is 0 Å². The molecule has 0 radical (unpaired) electrons. The molecule has 0 atom stereocenters. The Bertz CT molecular complexity index is 795. The molecule has 0 aliphatic heterocycles. The van der Waals surface area contributed by atoms with Gasteiger partial charge in [0.2, 0.25) is 0 Å². The summed E-state index contributed by atoms with van der Waals surface area (Å²) >= 11 is 0. The third-order valence-corrected chi connectivity index (χ3v) is 3.54. The Labute approximate surface area is 134 Å². The third kappa shape index (κ3) is 3.14. The molecule has 3 rings (SSSR count). The smallest absolute Gasteiger partial charge is 0.183 e. The zero-order chi connectivity index (χ0) is 16.2. The highest BCUT2D eigenvalue weighted by Crippen LogP contribution is 2.26. The summed E-state index contributed by atoms with van der Waals surface area (Å²) < 4.78 is 1.80. The van der Waals surface area contributed by atoms with Crippen LogP contribution >= 0.6 is 0 Å². The van der Waals surface area contributed by atoms with Crippen LogP contribution in [0.15, 0.2) is 42.7 Å². The fraction of sp³-hybridized carbons (Fsp3) is 0.188. The maximum Gasteiger partial charge on any atom is 0.183 e. The average Bonchev–Trinajstić information content (AvgIpc) is 2.95. The number of nitrogen functional groups attached to an aromatic ring is 1. The van der Waals surface area contributed by atoms with E-state index in [1.165, 1.54) is 5.56 Å². The van der Waals surface area contributed by atoms with Crippen LogP contribution in [0.2, 0.25) is 0 Å². The number of nitrogens with two attached hydrogens (primary N) is 1. The Morgan fingerprint density at radius 2 is 1.96 bits per heavy atom. The van der Waals surface area contributed by atoms with Gasteiger partial charge in [0, 0.05) is 32.3 Å². The lowest BCUT2D eigenvalue weighted by Crippen LogP contribution is -2.12. The molecule has 2 heterocycles. The highest BCUT2D eigenvalue weighted by molar-refractivity contribution is 5.67. The van der Waals surface area contributed by atoms with E-state index in [2.05, 4.69) is 37.9 Å². The molecule has 0 bridgehead atoms. The van der Waals surface area contributed by atoms with E-state index in [0.717, 1.165) is 23.4 Å². The number of hydrazine groups is 1. The fourth-order valence-corrected chi connectivity index (χ4v) is 2.47. The molecule has 2 aromatic heterocycles. The Kier molecular flexibility index (Phi) is 4.20. The molecule has 23 heavy (non-hydrogen) atoms. The Hall–Kier alpha value is -2.93. The summed E-state index contributed by atoms with van der Waals surface area (Å²) in [4.78, 5) is 8.88. The van der Waals surface area contributed by atoms with Crippen LogP contribution in [-0.4, -0.2) is 26.8 Å². The number of hydrogen-bond donors (Lipinski definition) is 3. The maximum absolute atomic E-state index is 5.44. The molecule has 0 fully saturated rings. The number of aromatic nitrogens is 4. The van der Waals surface area contributed by atoms with Gasteiger partial charge in [-0.1, -0.05) is 30.3 Å². The maximum atomic E-state index is 5.44. The largest absolute Gasteiger partial charge is 0.370 e. The second kappa shape index (κ2) is 6.45. The van der Waals surface area contributed by atoms with Crippen molar-refractivity contribution in [2.75, 3.05) is 17.8 Å². The quantitative estimate of drug-likeness (QED) is 0.491. The molecular weight excluding hydrogens is 290 g/mol. The number of anilines is 2. The minimum atomic E-state index is 0.504. The van der Waals surface area contributed by atoms with Gasteiger partial charge in [-0.25, -0.2) is 15.8 Å². The normalized spacial score (nSPS) is 10.6. The minimum absolute atomic E-state index is 0.504. The zero-order valence-electron chi connectivity index (χ0n) is 13.1. The molecule has 0 saturated heterocycles. The lowest BCUT2D eigenvalue weighted by atomic mass is 10.1. The van der Waals surface area contributed by atoms with Crippen LogP contribution in [0.3, 0.4) is 0 Å². The number of benzene rings is 1. The van der Waals surface area contributed by atoms with Crippen molar-refractivity contribution < 1.29 is 0 Å². The van der Waals surface area contributed by atoms with Gasteiger partial charge < -0.3 is 10.7 Å². The molecular formula is C16H19N7. The standard InChI is InChI=1S/C16H19N7/c1-18-15-16(21-17)19-9-14(20-15)12-10-23(2)22-13(12)8-11-6-4-3-5-7-11/h3-7,9-10H,8,17H2,1-2H3,(H,18,20)(H,19,21). The molecule has 4 N–H and O–H groups in total. The number of aryl methyl sites for hydroxylation is 1. The van der Waals surface area contributed by atoms with Crippen LogP contribution in [0, 0.1) is 0 Å². The molecule has 0 saturated carbocycles. The van der Waals surface area contributed by atoms with Gasteiger partial charge in [0.15, 0.2) is 11.6 Å². The van der Waals surface area contributed by atoms with Crippen LogP contribution < -0.4 is 16.6 Å². The molecule has 7 nitrogen and oxygen atoms in total. The summed E-state index contributed by atoms with van der Waals surface area (Å²) in [6, 6.07) is 10.2. The summed E-state index contributed by atoms with van der Waals surface area (Å²) in [5.41, 5.74) is 6.41. The van der Waals surface area contributed by atoms with Gasteiger partial charge in [0.25, 0.3) is 0 Å².